The summed E-state index contributed by atoms with van der Waals surface area (Å²) in [6, 6.07) is 10.5. The van der Waals surface area contributed by atoms with Crippen molar-refractivity contribution in [2.45, 2.75) is 45.3 Å². The second-order valence-electron chi connectivity index (χ2n) is 5.84. The topological polar surface area (TPSA) is 71.3 Å². The van der Waals surface area contributed by atoms with Gasteiger partial charge in [0.05, 0.1) is 13.0 Å². The van der Waals surface area contributed by atoms with E-state index in [1.165, 1.54) is 12.8 Å². The van der Waals surface area contributed by atoms with E-state index in [0.717, 1.165) is 12.1 Å². The third-order valence-electron chi connectivity index (χ3n) is 3.97. The maximum Gasteiger partial charge on any atom is 0.240 e. The van der Waals surface area contributed by atoms with Crippen LogP contribution in [-0.2, 0) is 24.3 Å². The van der Waals surface area contributed by atoms with Crippen molar-refractivity contribution in [2.24, 2.45) is 0 Å². The summed E-state index contributed by atoms with van der Waals surface area (Å²) >= 11 is 0. The average Bonchev–Trinajstić information content (AvgIpc) is 3.33. The van der Waals surface area contributed by atoms with Crippen molar-refractivity contribution in [3.8, 4) is 0 Å². The Morgan fingerprint density at radius 2 is 2.13 bits per heavy atom. The number of nitrogens with zero attached hydrogens (tertiary/aromatic N) is 3. The van der Waals surface area contributed by atoms with Gasteiger partial charge in [0.2, 0.25) is 11.8 Å². The van der Waals surface area contributed by atoms with Crippen LogP contribution in [0.15, 0.2) is 34.9 Å². The zero-order valence-electron chi connectivity index (χ0n) is 13.4. The minimum Gasteiger partial charge on any atom is -0.352 e. The highest BCUT2D eigenvalue weighted by Crippen LogP contribution is 2.27. The largest absolute Gasteiger partial charge is 0.352 e. The molecule has 0 unspecified atom stereocenters. The Balaban J connectivity index is 1.47. The predicted octanol–water partition coefficient (Wildman–Crippen LogP) is 1.91. The van der Waals surface area contributed by atoms with Gasteiger partial charge >= 0.3 is 0 Å². The van der Waals surface area contributed by atoms with Crippen LogP contribution in [0.5, 0.6) is 0 Å². The fourth-order valence-electron chi connectivity index (χ4n) is 2.54. The van der Waals surface area contributed by atoms with Crippen molar-refractivity contribution < 1.29 is 9.32 Å². The molecule has 1 aliphatic carbocycles. The van der Waals surface area contributed by atoms with Crippen LogP contribution in [0.1, 0.15) is 37.0 Å². The van der Waals surface area contributed by atoms with E-state index in [2.05, 4.69) is 27.3 Å². The van der Waals surface area contributed by atoms with Gasteiger partial charge in [0.15, 0.2) is 5.82 Å². The lowest BCUT2D eigenvalue weighted by molar-refractivity contribution is -0.120. The molecule has 0 radical (unpaired) electrons. The Morgan fingerprint density at radius 3 is 2.83 bits per heavy atom. The van der Waals surface area contributed by atoms with Crippen molar-refractivity contribution in [3.63, 3.8) is 0 Å². The third kappa shape index (κ3) is 4.63. The summed E-state index contributed by atoms with van der Waals surface area (Å²) in [6.45, 7) is 4.28. The highest BCUT2D eigenvalue weighted by atomic mass is 16.5. The summed E-state index contributed by atoms with van der Waals surface area (Å²) in [5.41, 5.74) is 1.07. The molecule has 0 bridgehead atoms. The van der Waals surface area contributed by atoms with Crippen LogP contribution in [-0.4, -0.2) is 33.5 Å². The molecule has 0 spiro atoms. The summed E-state index contributed by atoms with van der Waals surface area (Å²) in [6.07, 6.45) is 2.64. The monoisotopic (exact) mass is 314 g/mol. The molecule has 1 aliphatic rings. The Kier molecular flexibility index (Phi) is 5.02. The van der Waals surface area contributed by atoms with Gasteiger partial charge in [-0.3, -0.25) is 9.69 Å². The van der Waals surface area contributed by atoms with Gasteiger partial charge in [-0.25, -0.2) is 0 Å². The van der Waals surface area contributed by atoms with Crippen LogP contribution in [0.25, 0.3) is 0 Å². The van der Waals surface area contributed by atoms with Gasteiger partial charge in [-0.2, -0.15) is 4.98 Å². The van der Waals surface area contributed by atoms with Crippen molar-refractivity contribution >= 4 is 5.91 Å². The van der Waals surface area contributed by atoms with Crippen LogP contribution in [0.2, 0.25) is 0 Å². The SMILES string of the molecule is CCN(Cc1nc(CC(=O)NCc2ccccc2)no1)C1CC1. The molecule has 0 aliphatic heterocycles. The zero-order valence-corrected chi connectivity index (χ0v) is 13.4. The van der Waals surface area contributed by atoms with Gasteiger partial charge in [-0.15, -0.1) is 0 Å². The van der Waals surface area contributed by atoms with E-state index < -0.39 is 0 Å². The number of nitrogens with one attached hydrogen (secondary N) is 1. The van der Waals surface area contributed by atoms with Gasteiger partial charge in [0, 0.05) is 12.6 Å². The Bertz CT molecular complexity index is 637. The molecular weight excluding hydrogens is 292 g/mol. The number of hydrogen-bond acceptors (Lipinski definition) is 5. The van der Waals surface area contributed by atoms with Crippen LogP contribution in [0.3, 0.4) is 0 Å². The maximum atomic E-state index is 11.9. The van der Waals surface area contributed by atoms with E-state index in [9.17, 15) is 4.79 Å². The van der Waals surface area contributed by atoms with Crippen LogP contribution in [0.4, 0.5) is 0 Å². The Morgan fingerprint density at radius 1 is 1.35 bits per heavy atom. The highest BCUT2D eigenvalue weighted by Gasteiger charge is 2.29. The summed E-state index contributed by atoms with van der Waals surface area (Å²) in [4.78, 5) is 18.6. The molecule has 6 heteroatoms. The standard InChI is InChI=1S/C17H22N4O2/c1-2-21(14-8-9-14)12-17-19-15(20-23-17)10-16(22)18-11-13-6-4-3-5-7-13/h3-7,14H,2,8-12H2,1H3,(H,18,22). The second kappa shape index (κ2) is 7.37. The predicted molar refractivity (Wildman–Crippen MR) is 85.4 cm³/mol. The molecule has 1 amide bonds. The summed E-state index contributed by atoms with van der Waals surface area (Å²) < 4.78 is 5.26. The first-order valence-corrected chi connectivity index (χ1v) is 8.10. The lowest BCUT2D eigenvalue weighted by Gasteiger charge is -2.16. The number of amides is 1. The van der Waals surface area contributed by atoms with E-state index in [0.29, 0.717) is 30.8 Å². The van der Waals surface area contributed by atoms with Gasteiger partial charge in [0.25, 0.3) is 0 Å². The maximum absolute atomic E-state index is 11.9. The first-order chi connectivity index (χ1) is 11.2. The van der Waals surface area contributed by atoms with Crippen molar-refractivity contribution in [1.82, 2.24) is 20.4 Å². The quantitative estimate of drug-likeness (QED) is 0.806. The molecule has 23 heavy (non-hydrogen) atoms. The first kappa shape index (κ1) is 15.7. The van der Waals surface area contributed by atoms with E-state index >= 15 is 0 Å². The average molecular weight is 314 g/mol. The molecule has 1 saturated carbocycles. The molecule has 1 aromatic carbocycles. The first-order valence-electron chi connectivity index (χ1n) is 8.10. The molecule has 1 aromatic heterocycles. The lowest BCUT2D eigenvalue weighted by atomic mass is 10.2. The molecule has 6 nitrogen and oxygen atoms in total. The molecule has 0 atom stereocenters. The third-order valence-corrected chi connectivity index (χ3v) is 3.97. The van der Waals surface area contributed by atoms with E-state index in [4.69, 9.17) is 4.52 Å². The van der Waals surface area contributed by atoms with Gasteiger partial charge < -0.3 is 9.84 Å². The van der Waals surface area contributed by atoms with Crippen LogP contribution >= 0.6 is 0 Å². The molecule has 3 rings (SSSR count). The van der Waals surface area contributed by atoms with E-state index in [1.54, 1.807) is 0 Å². The highest BCUT2D eigenvalue weighted by molar-refractivity contribution is 5.77. The van der Waals surface area contributed by atoms with Crippen molar-refractivity contribution in [1.29, 1.82) is 0 Å². The molecule has 122 valence electrons. The molecule has 1 heterocycles. The lowest BCUT2D eigenvalue weighted by Crippen LogP contribution is -2.26. The number of rotatable bonds is 8. The molecular formula is C17H22N4O2. The fraction of sp³-hybridized carbons (Fsp3) is 0.471. The summed E-state index contributed by atoms with van der Waals surface area (Å²) in [5, 5.41) is 6.77. The second-order valence-corrected chi connectivity index (χ2v) is 5.84. The molecule has 1 fully saturated rings. The van der Waals surface area contributed by atoms with Gasteiger partial charge in [0.1, 0.15) is 0 Å². The fourth-order valence-corrected chi connectivity index (χ4v) is 2.54. The zero-order chi connectivity index (χ0) is 16.1. The summed E-state index contributed by atoms with van der Waals surface area (Å²) in [5.74, 6) is 0.928. The van der Waals surface area contributed by atoms with E-state index in [1.807, 2.05) is 30.3 Å². The van der Waals surface area contributed by atoms with Crippen molar-refractivity contribution in [2.75, 3.05) is 6.54 Å². The number of benzene rings is 1. The normalized spacial score (nSPS) is 14.2. The molecule has 2 aromatic rings. The number of hydrogen-bond donors (Lipinski definition) is 1. The smallest absolute Gasteiger partial charge is 0.240 e. The Hall–Kier alpha value is -2.21. The molecule has 0 saturated heterocycles. The summed E-state index contributed by atoms with van der Waals surface area (Å²) in [7, 11) is 0. The number of carbonyl (C=O) groups excluding carboxylic acids is 1. The minimum atomic E-state index is -0.101. The Labute approximate surface area is 135 Å². The number of aromatic nitrogens is 2. The molecule has 1 N–H and O–H groups in total. The van der Waals surface area contributed by atoms with Gasteiger partial charge in [-0.05, 0) is 24.9 Å². The van der Waals surface area contributed by atoms with Gasteiger partial charge in [-0.1, -0.05) is 42.4 Å². The number of carbonyl (C=O) groups is 1. The van der Waals surface area contributed by atoms with Crippen molar-refractivity contribution in [3.05, 3.63) is 47.6 Å². The van der Waals surface area contributed by atoms with Crippen LogP contribution < -0.4 is 5.32 Å². The van der Waals surface area contributed by atoms with Crippen LogP contribution in [0, 0.1) is 0 Å². The minimum absolute atomic E-state index is 0.101. The van der Waals surface area contributed by atoms with E-state index in [-0.39, 0.29) is 12.3 Å².